The van der Waals surface area contributed by atoms with Gasteiger partial charge in [0.05, 0.1) is 0 Å². The van der Waals surface area contributed by atoms with Crippen LogP contribution in [0.2, 0.25) is 0 Å². The zero-order valence-corrected chi connectivity index (χ0v) is 10.8. The van der Waals surface area contributed by atoms with Gasteiger partial charge in [0.25, 0.3) is 0 Å². The van der Waals surface area contributed by atoms with E-state index in [1.165, 1.54) is 0 Å². The molecular weight excluding hydrogens is 216 g/mol. The van der Waals surface area contributed by atoms with Crippen LogP contribution < -0.4 is 5.32 Å². The van der Waals surface area contributed by atoms with Gasteiger partial charge in [0.1, 0.15) is 0 Å². The number of carbonyl (C=O) groups excluding carboxylic acids is 1. The molecule has 2 fully saturated rings. The Morgan fingerprint density at radius 2 is 2.12 bits per heavy atom. The van der Waals surface area contributed by atoms with Crippen LogP contribution in [0.1, 0.15) is 39.0 Å². The van der Waals surface area contributed by atoms with Gasteiger partial charge in [-0.15, -0.1) is 0 Å². The van der Waals surface area contributed by atoms with Crippen LogP contribution in [0.3, 0.4) is 0 Å². The molecule has 0 aromatic rings. The van der Waals surface area contributed by atoms with Crippen LogP contribution in [-0.2, 0) is 4.74 Å². The zero-order chi connectivity index (χ0) is 12.1. The standard InChI is InChI=1S/C13H24N2O2/c1-2-3-7-14-12(16)15-8-4-13(11-15)5-9-17-10-6-13/h2-11H2,1H3,(H,14,16). The summed E-state index contributed by atoms with van der Waals surface area (Å²) in [7, 11) is 0. The Balaban J connectivity index is 1.78. The first-order valence-electron chi connectivity index (χ1n) is 6.86. The van der Waals surface area contributed by atoms with Crippen LogP contribution in [0.15, 0.2) is 0 Å². The van der Waals surface area contributed by atoms with Crippen LogP contribution in [0, 0.1) is 5.41 Å². The molecule has 0 aromatic heterocycles. The van der Waals surface area contributed by atoms with Gasteiger partial charge in [-0.2, -0.15) is 0 Å². The SMILES string of the molecule is CCCCNC(=O)N1CCC2(CCOCC2)C1. The Bertz CT molecular complexity index is 262. The number of carbonyl (C=O) groups is 1. The second kappa shape index (κ2) is 5.71. The molecule has 0 radical (unpaired) electrons. The normalized spacial score (nSPS) is 23.0. The maximum atomic E-state index is 11.9. The minimum atomic E-state index is 0.127. The molecule has 98 valence electrons. The van der Waals surface area contributed by atoms with Gasteiger partial charge in [0.2, 0.25) is 0 Å². The van der Waals surface area contributed by atoms with Crippen LogP contribution in [0.25, 0.3) is 0 Å². The van der Waals surface area contributed by atoms with Gasteiger partial charge in [-0.3, -0.25) is 0 Å². The minimum absolute atomic E-state index is 0.127. The maximum absolute atomic E-state index is 11.9. The highest BCUT2D eigenvalue weighted by atomic mass is 16.5. The summed E-state index contributed by atoms with van der Waals surface area (Å²) in [5.41, 5.74) is 0.361. The summed E-state index contributed by atoms with van der Waals surface area (Å²) in [5, 5.41) is 3.00. The average molecular weight is 240 g/mol. The lowest BCUT2D eigenvalue weighted by Crippen LogP contribution is -2.41. The fourth-order valence-electron chi connectivity index (χ4n) is 2.80. The van der Waals surface area contributed by atoms with Crippen molar-refractivity contribution < 1.29 is 9.53 Å². The third-order valence-corrected chi connectivity index (χ3v) is 4.09. The van der Waals surface area contributed by atoms with Gasteiger partial charge in [0.15, 0.2) is 0 Å². The Morgan fingerprint density at radius 1 is 1.35 bits per heavy atom. The molecule has 0 aromatic carbocycles. The highest BCUT2D eigenvalue weighted by Gasteiger charge is 2.40. The van der Waals surface area contributed by atoms with E-state index in [0.29, 0.717) is 5.41 Å². The smallest absolute Gasteiger partial charge is 0.317 e. The monoisotopic (exact) mass is 240 g/mol. The summed E-state index contributed by atoms with van der Waals surface area (Å²) in [4.78, 5) is 13.9. The van der Waals surface area contributed by atoms with Crippen molar-refractivity contribution >= 4 is 6.03 Å². The van der Waals surface area contributed by atoms with E-state index < -0.39 is 0 Å². The van der Waals surface area contributed by atoms with Crippen molar-refractivity contribution in [2.24, 2.45) is 5.41 Å². The number of amides is 2. The second-order valence-corrected chi connectivity index (χ2v) is 5.37. The van der Waals surface area contributed by atoms with E-state index >= 15 is 0 Å². The molecule has 0 unspecified atom stereocenters. The quantitative estimate of drug-likeness (QED) is 0.767. The van der Waals surface area contributed by atoms with E-state index in [9.17, 15) is 4.79 Å². The summed E-state index contributed by atoms with van der Waals surface area (Å²) < 4.78 is 5.41. The number of hydrogen-bond donors (Lipinski definition) is 1. The molecule has 2 rings (SSSR count). The van der Waals surface area contributed by atoms with Crippen LogP contribution in [0.4, 0.5) is 4.79 Å². The van der Waals surface area contributed by atoms with E-state index in [1.54, 1.807) is 0 Å². The highest BCUT2D eigenvalue weighted by molar-refractivity contribution is 5.74. The van der Waals surface area contributed by atoms with E-state index in [1.807, 2.05) is 4.90 Å². The molecule has 4 nitrogen and oxygen atoms in total. The van der Waals surface area contributed by atoms with Gasteiger partial charge in [-0.1, -0.05) is 13.3 Å². The van der Waals surface area contributed by atoms with E-state index in [4.69, 9.17) is 4.74 Å². The van der Waals surface area contributed by atoms with Crippen molar-refractivity contribution in [3.63, 3.8) is 0 Å². The minimum Gasteiger partial charge on any atom is -0.381 e. The third-order valence-electron chi connectivity index (χ3n) is 4.09. The first-order chi connectivity index (χ1) is 8.26. The number of likely N-dealkylation sites (tertiary alicyclic amines) is 1. The predicted molar refractivity (Wildman–Crippen MR) is 67.0 cm³/mol. The molecule has 2 saturated heterocycles. The molecule has 17 heavy (non-hydrogen) atoms. The summed E-state index contributed by atoms with van der Waals surface area (Å²) >= 11 is 0. The van der Waals surface area contributed by atoms with Crippen molar-refractivity contribution in [1.82, 2.24) is 10.2 Å². The van der Waals surface area contributed by atoms with Crippen LogP contribution >= 0.6 is 0 Å². The summed E-state index contributed by atoms with van der Waals surface area (Å²) in [6.07, 6.45) is 5.58. The summed E-state index contributed by atoms with van der Waals surface area (Å²) in [6.45, 7) is 6.52. The van der Waals surface area contributed by atoms with Crippen molar-refractivity contribution in [3.8, 4) is 0 Å². The van der Waals surface area contributed by atoms with Gasteiger partial charge in [-0.05, 0) is 31.1 Å². The number of urea groups is 1. The lowest BCUT2D eigenvalue weighted by Gasteiger charge is -2.33. The molecule has 0 aliphatic carbocycles. The fourth-order valence-corrected chi connectivity index (χ4v) is 2.80. The molecule has 2 aliphatic heterocycles. The van der Waals surface area contributed by atoms with Crippen molar-refractivity contribution in [2.75, 3.05) is 32.8 Å². The Morgan fingerprint density at radius 3 is 2.82 bits per heavy atom. The average Bonchev–Trinajstić information content (AvgIpc) is 2.74. The fraction of sp³-hybridized carbons (Fsp3) is 0.923. The summed E-state index contributed by atoms with van der Waals surface area (Å²) in [5.74, 6) is 0. The zero-order valence-electron chi connectivity index (χ0n) is 10.8. The van der Waals surface area contributed by atoms with Gasteiger partial charge >= 0.3 is 6.03 Å². The molecule has 1 N–H and O–H groups in total. The molecule has 0 atom stereocenters. The lowest BCUT2D eigenvalue weighted by molar-refractivity contribution is 0.0209. The third kappa shape index (κ3) is 3.12. The first-order valence-corrected chi connectivity index (χ1v) is 6.86. The maximum Gasteiger partial charge on any atom is 0.317 e. The van der Waals surface area contributed by atoms with E-state index in [0.717, 1.165) is 65.0 Å². The van der Waals surface area contributed by atoms with E-state index in [-0.39, 0.29) is 6.03 Å². The molecule has 2 heterocycles. The summed E-state index contributed by atoms with van der Waals surface area (Å²) in [6, 6.07) is 0.127. The molecular formula is C13H24N2O2. The number of rotatable bonds is 3. The van der Waals surface area contributed by atoms with Crippen molar-refractivity contribution in [2.45, 2.75) is 39.0 Å². The van der Waals surface area contributed by atoms with Crippen molar-refractivity contribution in [3.05, 3.63) is 0 Å². The Hall–Kier alpha value is -0.770. The van der Waals surface area contributed by atoms with Crippen molar-refractivity contribution in [1.29, 1.82) is 0 Å². The highest BCUT2D eigenvalue weighted by Crippen LogP contribution is 2.39. The van der Waals surface area contributed by atoms with Gasteiger partial charge in [-0.25, -0.2) is 4.79 Å². The van der Waals surface area contributed by atoms with Gasteiger partial charge < -0.3 is 15.0 Å². The first kappa shape index (κ1) is 12.7. The Labute approximate surface area is 104 Å². The molecule has 2 aliphatic rings. The number of nitrogens with zero attached hydrogens (tertiary/aromatic N) is 1. The number of ether oxygens (including phenoxy) is 1. The molecule has 1 spiro atoms. The molecule has 0 saturated carbocycles. The van der Waals surface area contributed by atoms with Gasteiger partial charge in [0, 0.05) is 32.8 Å². The number of hydrogen-bond acceptors (Lipinski definition) is 2. The molecule has 4 heteroatoms. The number of unbranched alkanes of at least 4 members (excludes halogenated alkanes) is 1. The Kier molecular flexibility index (Phi) is 4.26. The second-order valence-electron chi connectivity index (χ2n) is 5.37. The molecule has 0 bridgehead atoms. The largest absolute Gasteiger partial charge is 0.381 e. The van der Waals surface area contributed by atoms with E-state index in [2.05, 4.69) is 12.2 Å². The number of nitrogens with one attached hydrogen (secondary N) is 1. The topological polar surface area (TPSA) is 41.6 Å². The van der Waals surface area contributed by atoms with Crippen LogP contribution in [0.5, 0.6) is 0 Å². The molecule has 2 amide bonds. The lowest BCUT2D eigenvalue weighted by atomic mass is 9.80. The predicted octanol–water partition coefficient (Wildman–Crippen LogP) is 2.00. The van der Waals surface area contributed by atoms with Crippen LogP contribution in [-0.4, -0.2) is 43.8 Å².